The number of aromatic hydroxyl groups is 1. The number of hydrogen-bond acceptors (Lipinski definition) is 6. The standard InChI is InChI=1S/C15H11NO4S/c17-12-5-3-10(4-6-12)15(18)19-9-11-8-13(20-16-11)14-2-1-7-21-14/h1-8,17H,9H2. The molecule has 0 saturated carbocycles. The molecular weight excluding hydrogens is 290 g/mol. The van der Waals surface area contributed by atoms with Crippen LogP contribution >= 0.6 is 11.3 Å². The summed E-state index contributed by atoms with van der Waals surface area (Å²) in [6.45, 7) is 0.0363. The van der Waals surface area contributed by atoms with E-state index in [2.05, 4.69) is 5.16 Å². The smallest absolute Gasteiger partial charge is 0.338 e. The van der Waals surface area contributed by atoms with Gasteiger partial charge in [-0.05, 0) is 35.7 Å². The van der Waals surface area contributed by atoms with Crippen molar-refractivity contribution < 1.29 is 19.2 Å². The summed E-state index contributed by atoms with van der Waals surface area (Å²) in [6, 6.07) is 11.5. The molecule has 5 nitrogen and oxygen atoms in total. The molecule has 0 aliphatic rings. The van der Waals surface area contributed by atoms with Crippen molar-refractivity contribution >= 4 is 17.3 Å². The third-order valence-corrected chi connectivity index (χ3v) is 3.66. The lowest BCUT2D eigenvalue weighted by molar-refractivity contribution is 0.0464. The Morgan fingerprint density at radius 2 is 2.10 bits per heavy atom. The summed E-state index contributed by atoms with van der Waals surface area (Å²) in [4.78, 5) is 12.8. The van der Waals surface area contributed by atoms with E-state index in [0.717, 1.165) is 4.88 Å². The van der Waals surface area contributed by atoms with Crippen LogP contribution in [-0.4, -0.2) is 16.2 Å². The van der Waals surface area contributed by atoms with Gasteiger partial charge in [-0.2, -0.15) is 0 Å². The number of esters is 1. The molecule has 2 heterocycles. The monoisotopic (exact) mass is 301 g/mol. The van der Waals surface area contributed by atoms with Crippen LogP contribution < -0.4 is 0 Å². The Morgan fingerprint density at radius 3 is 2.81 bits per heavy atom. The maximum absolute atomic E-state index is 11.8. The quantitative estimate of drug-likeness (QED) is 0.747. The van der Waals surface area contributed by atoms with Gasteiger partial charge in [-0.1, -0.05) is 11.2 Å². The van der Waals surface area contributed by atoms with Gasteiger partial charge in [0.1, 0.15) is 18.1 Å². The zero-order chi connectivity index (χ0) is 14.7. The first-order chi connectivity index (χ1) is 10.2. The average molecular weight is 301 g/mol. The molecule has 0 spiro atoms. The molecule has 2 aromatic heterocycles. The van der Waals surface area contributed by atoms with Gasteiger partial charge in [0.2, 0.25) is 0 Å². The minimum atomic E-state index is -0.476. The molecule has 0 aliphatic carbocycles. The van der Waals surface area contributed by atoms with Crippen molar-refractivity contribution in [3.8, 4) is 16.4 Å². The largest absolute Gasteiger partial charge is 0.508 e. The second-order valence-corrected chi connectivity index (χ2v) is 5.23. The molecule has 0 amide bonds. The minimum absolute atomic E-state index is 0.0363. The molecule has 0 atom stereocenters. The van der Waals surface area contributed by atoms with E-state index in [-0.39, 0.29) is 12.4 Å². The van der Waals surface area contributed by atoms with Crippen molar-refractivity contribution in [3.63, 3.8) is 0 Å². The second-order valence-electron chi connectivity index (χ2n) is 4.28. The number of benzene rings is 1. The van der Waals surface area contributed by atoms with Gasteiger partial charge in [0.25, 0.3) is 0 Å². The summed E-state index contributed by atoms with van der Waals surface area (Å²) in [7, 11) is 0. The molecule has 0 fully saturated rings. The Labute approximate surface area is 124 Å². The fourth-order valence-corrected chi connectivity index (χ4v) is 2.41. The van der Waals surface area contributed by atoms with Crippen LogP contribution in [0.25, 0.3) is 10.6 Å². The lowest BCUT2D eigenvalue weighted by Gasteiger charge is -2.02. The van der Waals surface area contributed by atoms with Crippen molar-refractivity contribution in [3.05, 3.63) is 59.1 Å². The van der Waals surface area contributed by atoms with Crippen molar-refractivity contribution in [1.82, 2.24) is 5.16 Å². The predicted octanol–water partition coefficient (Wildman–Crippen LogP) is 3.47. The fourth-order valence-electron chi connectivity index (χ4n) is 1.74. The van der Waals surface area contributed by atoms with Crippen LogP contribution in [0, 0.1) is 0 Å². The highest BCUT2D eigenvalue weighted by Crippen LogP contribution is 2.25. The zero-order valence-electron chi connectivity index (χ0n) is 10.9. The lowest BCUT2D eigenvalue weighted by Crippen LogP contribution is -2.04. The Kier molecular flexibility index (Phi) is 3.70. The first-order valence-corrected chi connectivity index (χ1v) is 7.06. The van der Waals surface area contributed by atoms with E-state index in [1.165, 1.54) is 24.3 Å². The van der Waals surface area contributed by atoms with Crippen molar-refractivity contribution in [2.45, 2.75) is 6.61 Å². The molecule has 6 heteroatoms. The SMILES string of the molecule is O=C(OCc1cc(-c2cccs2)on1)c1ccc(O)cc1. The highest BCUT2D eigenvalue weighted by atomic mass is 32.1. The van der Waals surface area contributed by atoms with E-state index in [9.17, 15) is 4.79 Å². The molecule has 0 bridgehead atoms. The molecule has 21 heavy (non-hydrogen) atoms. The number of carbonyl (C=O) groups excluding carboxylic acids is 1. The molecular formula is C15H11NO4S. The Bertz CT molecular complexity index is 731. The van der Waals surface area contributed by atoms with Crippen LogP contribution in [0.2, 0.25) is 0 Å². The second kappa shape index (κ2) is 5.80. The Hall–Kier alpha value is -2.60. The van der Waals surface area contributed by atoms with Gasteiger partial charge >= 0.3 is 5.97 Å². The number of nitrogens with zero attached hydrogens (tertiary/aromatic N) is 1. The van der Waals surface area contributed by atoms with Crippen molar-refractivity contribution in [2.75, 3.05) is 0 Å². The molecule has 1 N–H and O–H groups in total. The number of ether oxygens (including phenoxy) is 1. The molecule has 1 aromatic carbocycles. The summed E-state index contributed by atoms with van der Waals surface area (Å²) in [5.74, 6) is 0.278. The molecule has 0 unspecified atom stereocenters. The summed E-state index contributed by atoms with van der Waals surface area (Å²) >= 11 is 1.55. The molecule has 0 aliphatic heterocycles. The van der Waals surface area contributed by atoms with Crippen LogP contribution in [-0.2, 0) is 11.3 Å². The van der Waals surface area contributed by atoms with E-state index in [0.29, 0.717) is 17.0 Å². The first-order valence-electron chi connectivity index (χ1n) is 6.18. The molecule has 3 rings (SSSR count). The molecule has 106 valence electrons. The highest BCUT2D eigenvalue weighted by Gasteiger charge is 2.11. The van der Waals surface area contributed by atoms with Crippen molar-refractivity contribution in [1.29, 1.82) is 0 Å². The number of phenols is 1. The van der Waals surface area contributed by atoms with Crippen LogP contribution in [0.15, 0.2) is 52.4 Å². The minimum Gasteiger partial charge on any atom is -0.508 e. The third kappa shape index (κ3) is 3.11. The Morgan fingerprint density at radius 1 is 1.29 bits per heavy atom. The van der Waals surface area contributed by atoms with Crippen LogP contribution in [0.1, 0.15) is 16.1 Å². The predicted molar refractivity (Wildman–Crippen MR) is 77.0 cm³/mol. The van der Waals surface area contributed by atoms with Gasteiger partial charge in [-0.25, -0.2) is 4.79 Å². The molecule has 0 radical (unpaired) electrons. The van der Waals surface area contributed by atoms with Crippen molar-refractivity contribution in [2.24, 2.45) is 0 Å². The number of aromatic nitrogens is 1. The van der Waals surface area contributed by atoms with E-state index < -0.39 is 5.97 Å². The first kappa shape index (κ1) is 13.4. The maximum Gasteiger partial charge on any atom is 0.338 e. The number of thiophene rings is 1. The summed E-state index contributed by atoms with van der Waals surface area (Å²) in [6.07, 6.45) is 0. The number of hydrogen-bond donors (Lipinski definition) is 1. The van der Waals surface area contributed by atoms with Gasteiger partial charge < -0.3 is 14.4 Å². The van der Waals surface area contributed by atoms with Crippen LogP contribution in [0.4, 0.5) is 0 Å². The highest BCUT2D eigenvalue weighted by molar-refractivity contribution is 7.13. The molecule has 3 aromatic rings. The number of carbonyl (C=O) groups is 1. The fraction of sp³-hybridized carbons (Fsp3) is 0.0667. The topological polar surface area (TPSA) is 72.6 Å². The summed E-state index contributed by atoms with van der Waals surface area (Å²) in [5, 5.41) is 15.0. The summed E-state index contributed by atoms with van der Waals surface area (Å²) in [5.41, 5.74) is 0.917. The maximum atomic E-state index is 11.8. The molecule has 0 saturated heterocycles. The van der Waals surface area contributed by atoms with E-state index >= 15 is 0 Å². The third-order valence-electron chi connectivity index (χ3n) is 2.78. The van der Waals surface area contributed by atoms with Gasteiger partial charge in [0, 0.05) is 6.07 Å². The normalized spacial score (nSPS) is 10.5. The van der Waals surface area contributed by atoms with Crippen LogP contribution in [0.3, 0.4) is 0 Å². The van der Waals surface area contributed by atoms with E-state index in [4.69, 9.17) is 14.4 Å². The lowest BCUT2D eigenvalue weighted by atomic mass is 10.2. The number of phenolic OH excluding ortho intramolecular Hbond substituents is 1. The van der Waals surface area contributed by atoms with Gasteiger partial charge in [-0.15, -0.1) is 11.3 Å². The average Bonchev–Trinajstić information content (AvgIpc) is 3.16. The summed E-state index contributed by atoms with van der Waals surface area (Å²) < 4.78 is 10.3. The number of rotatable bonds is 4. The van der Waals surface area contributed by atoms with Gasteiger partial charge in [0.05, 0.1) is 10.4 Å². The van der Waals surface area contributed by atoms with Gasteiger partial charge in [0.15, 0.2) is 5.76 Å². The van der Waals surface area contributed by atoms with E-state index in [1.54, 1.807) is 17.4 Å². The Balaban J connectivity index is 1.62. The van der Waals surface area contributed by atoms with Gasteiger partial charge in [-0.3, -0.25) is 0 Å². The van der Waals surface area contributed by atoms with E-state index in [1.807, 2.05) is 17.5 Å². The van der Waals surface area contributed by atoms with Crippen LogP contribution in [0.5, 0.6) is 5.75 Å². The zero-order valence-corrected chi connectivity index (χ0v) is 11.7.